The predicted molar refractivity (Wildman–Crippen MR) is 65.3 cm³/mol. The van der Waals surface area contributed by atoms with E-state index in [2.05, 4.69) is 19.6 Å². The summed E-state index contributed by atoms with van der Waals surface area (Å²) in [6.45, 7) is 9.67. The summed E-state index contributed by atoms with van der Waals surface area (Å²) in [5.74, 6) is 0. The van der Waals surface area contributed by atoms with E-state index in [-0.39, 0.29) is 15.4 Å². The highest BCUT2D eigenvalue weighted by Crippen LogP contribution is 1.78. The number of ether oxygens (including phenoxy) is 3. The molecule has 0 radical (unpaired) electrons. The van der Waals surface area contributed by atoms with Crippen LogP contribution >= 0.6 is 0 Å². The molecule has 5 heteroatoms. The summed E-state index contributed by atoms with van der Waals surface area (Å²) in [6, 6.07) is 0. The van der Waals surface area contributed by atoms with Crippen molar-refractivity contribution < 1.29 is 19.3 Å². The van der Waals surface area contributed by atoms with Crippen LogP contribution in [-0.4, -0.2) is 60.7 Å². The van der Waals surface area contributed by atoms with Gasteiger partial charge in [-0.15, -0.1) is 0 Å². The van der Waals surface area contributed by atoms with E-state index in [1.54, 1.807) is 7.11 Å². The lowest BCUT2D eigenvalue weighted by Crippen LogP contribution is -2.09. The Morgan fingerprint density at radius 3 is 1.67 bits per heavy atom. The largest absolute Gasteiger partial charge is 0.394 e. The van der Waals surface area contributed by atoms with Crippen molar-refractivity contribution >= 4 is 8.80 Å². The van der Waals surface area contributed by atoms with Crippen LogP contribution in [0.25, 0.3) is 0 Å². The molecule has 0 spiro atoms. The summed E-state index contributed by atoms with van der Waals surface area (Å²) < 4.78 is 14.8. The van der Waals surface area contributed by atoms with E-state index in [9.17, 15) is 0 Å². The number of rotatable bonds is 8. The molecule has 0 aliphatic rings. The van der Waals surface area contributed by atoms with Gasteiger partial charge in [0.2, 0.25) is 0 Å². The SMILES string of the molecule is COCCOCCOCCO.C[SiH](C)C. The first-order valence-electron chi connectivity index (χ1n) is 5.40. The molecular weight excluding hydrogens is 212 g/mol. The Balaban J connectivity index is 0. The summed E-state index contributed by atoms with van der Waals surface area (Å²) in [5.41, 5.74) is 0. The highest BCUT2D eigenvalue weighted by atomic mass is 28.3. The lowest BCUT2D eigenvalue weighted by Gasteiger charge is -2.03. The zero-order valence-electron chi connectivity index (χ0n) is 10.5. The molecule has 0 atom stereocenters. The molecule has 0 aliphatic heterocycles. The molecule has 15 heavy (non-hydrogen) atoms. The number of methoxy groups -OCH3 is 1. The van der Waals surface area contributed by atoms with Crippen molar-refractivity contribution in [1.82, 2.24) is 0 Å². The Hall–Kier alpha value is 0.0569. The molecule has 0 saturated heterocycles. The zero-order chi connectivity index (χ0) is 11.9. The van der Waals surface area contributed by atoms with E-state index in [4.69, 9.17) is 19.3 Å². The molecule has 0 bridgehead atoms. The third-order valence-corrected chi connectivity index (χ3v) is 1.04. The van der Waals surface area contributed by atoms with E-state index in [0.717, 1.165) is 0 Å². The Morgan fingerprint density at radius 2 is 1.27 bits per heavy atom. The normalized spacial score (nSPS) is 10.0. The van der Waals surface area contributed by atoms with Gasteiger partial charge >= 0.3 is 0 Å². The van der Waals surface area contributed by atoms with Crippen molar-refractivity contribution in [1.29, 1.82) is 0 Å². The molecule has 0 fully saturated rings. The van der Waals surface area contributed by atoms with Gasteiger partial charge in [-0.05, 0) is 0 Å². The topological polar surface area (TPSA) is 47.9 Å². The van der Waals surface area contributed by atoms with Crippen molar-refractivity contribution in [2.75, 3.05) is 46.8 Å². The minimum atomic E-state index is -0.139. The van der Waals surface area contributed by atoms with Gasteiger partial charge in [0.15, 0.2) is 0 Å². The fraction of sp³-hybridized carbons (Fsp3) is 1.00. The maximum Gasteiger partial charge on any atom is 0.0701 e. The lowest BCUT2D eigenvalue weighted by atomic mass is 10.7. The van der Waals surface area contributed by atoms with Crippen LogP contribution in [0.15, 0.2) is 0 Å². The van der Waals surface area contributed by atoms with Gasteiger partial charge in [-0.25, -0.2) is 0 Å². The quantitative estimate of drug-likeness (QED) is 0.501. The van der Waals surface area contributed by atoms with Gasteiger partial charge in [0.05, 0.1) is 39.6 Å². The molecule has 0 aromatic rings. The second-order valence-corrected chi connectivity index (χ2v) is 7.14. The molecule has 0 aliphatic carbocycles. The standard InChI is InChI=1S/C7H16O4.C3H10Si/c1-9-4-5-11-7-6-10-3-2-8;1-4(2)3/h8H,2-7H2,1H3;4H,1-3H3. The summed E-state index contributed by atoms with van der Waals surface area (Å²) in [5, 5.41) is 8.32. The molecule has 0 rings (SSSR count). The van der Waals surface area contributed by atoms with Crippen LogP contribution in [0.4, 0.5) is 0 Å². The van der Waals surface area contributed by atoms with Crippen molar-refractivity contribution in [2.24, 2.45) is 0 Å². The van der Waals surface area contributed by atoms with Crippen LogP contribution in [0.1, 0.15) is 0 Å². The molecule has 0 unspecified atom stereocenters. The van der Waals surface area contributed by atoms with Crippen molar-refractivity contribution in [2.45, 2.75) is 19.6 Å². The van der Waals surface area contributed by atoms with Gasteiger partial charge in [0, 0.05) is 15.9 Å². The fourth-order valence-corrected chi connectivity index (χ4v) is 0.529. The predicted octanol–water partition coefficient (Wildman–Crippen LogP) is 0.761. The van der Waals surface area contributed by atoms with Crippen LogP contribution in [-0.2, 0) is 14.2 Å². The molecule has 0 aromatic heterocycles. The number of hydrogen-bond acceptors (Lipinski definition) is 4. The lowest BCUT2D eigenvalue weighted by molar-refractivity contribution is 0.0159. The van der Waals surface area contributed by atoms with Gasteiger partial charge in [0.1, 0.15) is 0 Å². The molecule has 94 valence electrons. The van der Waals surface area contributed by atoms with Gasteiger partial charge in [0.25, 0.3) is 0 Å². The third kappa shape index (κ3) is 31.5. The van der Waals surface area contributed by atoms with E-state index >= 15 is 0 Å². The minimum Gasteiger partial charge on any atom is -0.394 e. The zero-order valence-corrected chi connectivity index (χ0v) is 11.6. The number of aliphatic hydroxyl groups is 1. The van der Waals surface area contributed by atoms with Crippen LogP contribution < -0.4 is 0 Å². The minimum absolute atomic E-state index is 0.0675. The van der Waals surface area contributed by atoms with E-state index in [1.165, 1.54) is 0 Å². The van der Waals surface area contributed by atoms with E-state index < -0.39 is 0 Å². The Bertz CT molecular complexity index is 90.7. The Labute approximate surface area is 95.1 Å². The average molecular weight is 238 g/mol. The van der Waals surface area contributed by atoms with Crippen LogP contribution in [0.5, 0.6) is 0 Å². The molecular formula is C10H26O4Si. The van der Waals surface area contributed by atoms with Crippen molar-refractivity contribution in [3.05, 3.63) is 0 Å². The molecule has 4 nitrogen and oxygen atoms in total. The van der Waals surface area contributed by atoms with Gasteiger partial charge in [-0.1, -0.05) is 19.6 Å². The summed E-state index contributed by atoms with van der Waals surface area (Å²) in [4.78, 5) is 0. The average Bonchev–Trinajstić information content (AvgIpc) is 2.16. The second-order valence-electron chi connectivity index (χ2n) is 3.67. The highest BCUT2D eigenvalue weighted by molar-refractivity contribution is 6.54. The molecule has 0 saturated carbocycles. The molecule has 0 heterocycles. The van der Waals surface area contributed by atoms with Crippen LogP contribution in [0, 0.1) is 0 Å². The third-order valence-electron chi connectivity index (χ3n) is 1.04. The van der Waals surface area contributed by atoms with Gasteiger partial charge in [-0.2, -0.15) is 0 Å². The molecule has 1 N–H and O–H groups in total. The van der Waals surface area contributed by atoms with Crippen LogP contribution in [0.2, 0.25) is 19.6 Å². The smallest absolute Gasteiger partial charge is 0.0701 e. The molecule has 0 amide bonds. The number of aliphatic hydroxyl groups excluding tert-OH is 1. The first-order chi connectivity index (χ1) is 7.15. The fourth-order valence-electron chi connectivity index (χ4n) is 0.529. The highest BCUT2D eigenvalue weighted by Gasteiger charge is 1.87. The summed E-state index contributed by atoms with van der Waals surface area (Å²) >= 11 is 0. The van der Waals surface area contributed by atoms with Crippen molar-refractivity contribution in [3.63, 3.8) is 0 Å². The summed E-state index contributed by atoms with van der Waals surface area (Å²) in [6.07, 6.45) is 0. The summed E-state index contributed by atoms with van der Waals surface area (Å²) in [7, 11) is 1.49. The Kier molecular flexibility index (Phi) is 19.2. The first kappa shape index (κ1) is 17.5. The maximum absolute atomic E-state index is 8.32. The van der Waals surface area contributed by atoms with Crippen molar-refractivity contribution in [3.8, 4) is 0 Å². The van der Waals surface area contributed by atoms with Gasteiger partial charge in [-0.3, -0.25) is 0 Å². The Morgan fingerprint density at radius 1 is 0.867 bits per heavy atom. The second kappa shape index (κ2) is 16.5. The van der Waals surface area contributed by atoms with E-state index in [1.807, 2.05) is 0 Å². The molecule has 0 aromatic carbocycles. The van der Waals surface area contributed by atoms with Crippen LogP contribution in [0.3, 0.4) is 0 Å². The number of hydrogen-bond donors (Lipinski definition) is 1. The first-order valence-corrected chi connectivity index (χ1v) is 8.86. The maximum atomic E-state index is 8.32. The monoisotopic (exact) mass is 238 g/mol. The van der Waals surface area contributed by atoms with E-state index in [0.29, 0.717) is 33.0 Å². The van der Waals surface area contributed by atoms with Gasteiger partial charge < -0.3 is 19.3 Å².